The van der Waals surface area contributed by atoms with Crippen LogP contribution in [0.1, 0.15) is 12.5 Å². The normalized spacial score (nSPS) is 13.2. The van der Waals surface area contributed by atoms with Gasteiger partial charge >= 0.3 is 12.0 Å². The molecule has 35 heavy (non-hydrogen) atoms. The Bertz CT molecular complexity index is 1090. The second-order valence-electron chi connectivity index (χ2n) is 7.78. The van der Waals surface area contributed by atoms with Crippen LogP contribution in [0.5, 0.6) is 0 Å². The summed E-state index contributed by atoms with van der Waals surface area (Å²) in [5.74, 6) is -3.25. The molecule has 0 aliphatic carbocycles. The number of aliphatic carboxylic acids is 1. The number of carbonyl (C=O) groups is 5. The Morgan fingerprint density at radius 3 is 2.49 bits per heavy atom. The fourth-order valence-electron chi connectivity index (χ4n) is 3.40. The van der Waals surface area contributed by atoms with Gasteiger partial charge in [0, 0.05) is 30.6 Å². The molecule has 0 saturated heterocycles. The number of aromatic amines is 1. The number of nitrogens with zero attached hydrogens (tertiary/aromatic N) is 1. The van der Waals surface area contributed by atoms with Crippen LogP contribution in [0.25, 0.3) is 10.9 Å². The Balaban J connectivity index is 1.96. The van der Waals surface area contributed by atoms with Crippen molar-refractivity contribution in [1.82, 2.24) is 31.1 Å². The summed E-state index contributed by atoms with van der Waals surface area (Å²) < 4.78 is 0. The van der Waals surface area contributed by atoms with Gasteiger partial charge in [0.1, 0.15) is 12.1 Å². The molecule has 1 heterocycles. The number of urea groups is 1. The number of likely N-dealkylation sites (N-methyl/N-ethyl adjacent to an activating group) is 1. The van der Waals surface area contributed by atoms with Gasteiger partial charge in [-0.3, -0.25) is 14.4 Å². The van der Waals surface area contributed by atoms with E-state index in [0.29, 0.717) is 5.56 Å². The zero-order chi connectivity index (χ0) is 26.1. The average Bonchev–Trinajstić information content (AvgIpc) is 3.26. The van der Waals surface area contributed by atoms with Crippen LogP contribution in [-0.2, 0) is 25.6 Å². The van der Waals surface area contributed by atoms with Crippen LogP contribution >= 0.6 is 0 Å². The molecule has 0 fully saturated rings. The zero-order valence-corrected chi connectivity index (χ0v) is 19.3. The van der Waals surface area contributed by atoms with Crippen molar-refractivity contribution in [3.63, 3.8) is 0 Å². The summed E-state index contributed by atoms with van der Waals surface area (Å²) in [6, 6.07) is 3.14. The van der Waals surface area contributed by atoms with Crippen molar-refractivity contribution in [2.45, 2.75) is 31.5 Å². The van der Waals surface area contributed by atoms with Gasteiger partial charge in [-0.1, -0.05) is 18.2 Å². The van der Waals surface area contributed by atoms with E-state index in [9.17, 15) is 29.1 Å². The van der Waals surface area contributed by atoms with Crippen molar-refractivity contribution >= 4 is 48.6 Å². The van der Waals surface area contributed by atoms with Gasteiger partial charge in [0.15, 0.2) is 0 Å². The third-order valence-electron chi connectivity index (χ3n) is 5.51. The van der Waals surface area contributed by atoms with E-state index in [-0.39, 0.29) is 13.0 Å². The van der Waals surface area contributed by atoms with Crippen molar-refractivity contribution in [2.24, 2.45) is 5.73 Å². The molecule has 5 amide bonds. The molecule has 2 rings (SSSR count). The Morgan fingerprint density at radius 2 is 1.86 bits per heavy atom. The Morgan fingerprint density at radius 1 is 1.17 bits per heavy atom. The number of carboxylic acids is 1. The van der Waals surface area contributed by atoms with Crippen molar-refractivity contribution in [3.8, 4) is 0 Å². The van der Waals surface area contributed by atoms with Crippen molar-refractivity contribution in [3.05, 3.63) is 36.0 Å². The predicted molar refractivity (Wildman–Crippen MR) is 127 cm³/mol. The highest BCUT2D eigenvalue weighted by atomic mass is 16.4. The number of nitrogens with two attached hydrogens (primary N) is 1. The molecule has 1 aromatic heterocycles. The standard InChI is InChI=1S/C21H28BN7O6/c1-11(29(2)17(31)8-23)18(19(32)28-22)27-16(30)10-25-21(35)26-15(20(33)34)7-12-9-24-14-6-4-3-5-13(12)14/h3-6,9,11,15,18,24H,7-8,10,23H2,1-2H3,(H,27,30)(H,28,32)(H,33,34)(H2,25,26,35)/t11-,15-,18-/m0/s1. The first kappa shape index (κ1) is 27.2. The quantitative estimate of drug-likeness (QED) is 0.178. The fraction of sp³-hybridized carbons (Fsp3) is 0.381. The maximum Gasteiger partial charge on any atom is 0.326 e. The third-order valence-corrected chi connectivity index (χ3v) is 5.51. The molecule has 1 aromatic carbocycles. The molecule has 186 valence electrons. The topological polar surface area (TPSA) is 199 Å². The van der Waals surface area contributed by atoms with Crippen LogP contribution in [0.4, 0.5) is 4.79 Å². The van der Waals surface area contributed by atoms with E-state index < -0.39 is 54.4 Å². The van der Waals surface area contributed by atoms with Gasteiger partial charge in [-0.25, -0.2) is 9.59 Å². The molecule has 0 unspecified atom stereocenters. The molecule has 0 aliphatic rings. The second kappa shape index (κ2) is 12.4. The van der Waals surface area contributed by atoms with Gasteiger partial charge in [-0.2, -0.15) is 0 Å². The number of fused-ring (bicyclic) bond motifs is 1. The fourth-order valence-corrected chi connectivity index (χ4v) is 3.40. The molecule has 13 nitrogen and oxygen atoms in total. The lowest BCUT2D eigenvalue weighted by Gasteiger charge is -2.31. The van der Waals surface area contributed by atoms with E-state index in [4.69, 9.17) is 13.7 Å². The number of amides is 5. The number of hydrogen-bond acceptors (Lipinski definition) is 6. The summed E-state index contributed by atoms with van der Waals surface area (Å²) in [5, 5.41) is 19.2. The summed E-state index contributed by atoms with van der Waals surface area (Å²) in [6.45, 7) is 0.647. The van der Waals surface area contributed by atoms with E-state index in [2.05, 4.69) is 20.9 Å². The number of benzene rings is 1. The van der Waals surface area contributed by atoms with E-state index in [1.807, 2.05) is 29.5 Å². The van der Waals surface area contributed by atoms with Crippen LogP contribution in [-0.4, -0.2) is 91.0 Å². The molecular formula is C21H28BN7O6. The molecule has 0 bridgehead atoms. The van der Waals surface area contributed by atoms with Crippen molar-refractivity contribution in [2.75, 3.05) is 20.1 Å². The SMILES string of the molecule is [B]NC(=O)[C@@H](NC(=O)CNC(=O)N[C@@H](Cc1c[nH]c2ccccc12)C(=O)O)[C@H](C)N(C)C(=O)CN. The monoisotopic (exact) mass is 485 g/mol. The summed E-state index contributed by atoms with van der Waals surface area (Å²) in [4.78, 5) is 64.4. The Kier molecular flexibility index (Phi) is 9.64. The molecule has 2 aromatic rings. The number of carboxylic acid groups (broad SMARTS) is 1. The minimum atomic E-state index is -1.26. The molecular weight excluding hydrogens is 457 g/mol. The van der Waals surface area contributed by atoms with E-state index >= 15 is 0 Å². The van der Waals surface area contributed by atoms with Gasteiger partial charge in [0.25, 0.3) is 0 Å². The van der Waals surface area contributed by atoms with E-state index in [1.165, 1.54) is 18.9 Å². The molecule has 0 spiro atoms. The maximum absolute atomic E-state index is 12.3. The number of hydrogen-bond donors (Lipinski definition) is 7. The van der Waals surface area contributed by atoms with Gasteiger partial charge in [-0.05, 0) is 18.6 Å². The predicted octanol–water partition coefficient (Wildman–Crippen LogP) is -2.05. The van der Waals surface area contributed by atoms with Gasteiger partial charge < -0.3 is 41.9 Å². The van der Waals surface area contributed by atoms with Gasteiger partial charge in [0.05, 0.1) is 19.1 Å². The summed E-state index contributed by atoms with van der Waals surface area (Å²) in [5.41, 5.74) is 6.86. The van der Waals surface area contributed by atoms with Gasteiger partial charge in [-0.15, -0.1) is 0 Å². The Hall–Kier alpha value is -4.07. The first-order valence-corrected chi connectivity index (χ1v) is 10.7. The minimum absolute atomic E-state index is 0.0106. The lowest BCUT2D eigenvalue weighted by molar-refractivity contribution is -0.139. The van der Waals surface area contributed by atoms with Crippen LogP contribution in [0.2, 0.25) is 0 Å². The molecule has 14 heteroatoms. The highest BCUT2D eigenvalue weighted by Gasteiger charge is 2.30. The number of para-hydroxylation sites is 1. The third kappa shape index (κ3) is 7.21. The number of aromatic nitrogens is 1. The number of carbonyl (C=O) groups excluding carboxylic acids is 4. The van der Waals surface area contributed by atoms with E-state index in [1.54, 1.807) is 6.20 Å². The van der Waals surface area contributed by atoms with Crippen molar-refractivity contribution < 1.29 is 29.1 Å². The van der Waals surface area contributed by atoms with Crippen molar-refractivity contribution in [1.29, 1.82) is 0 Å². The lowest BCUT2D eigenvalue weighted by Crippen LogP contribution is -2.59. The van der Waals surface area contributed by atoms with Crippen LogP contribution in [0.3, 0.4) is 0 Å². The second-order valence-corrected chi connectivity index (χ2v) is 7.78. The van der Waals surface area contributed by atoms with Crippen LogP contribution in [0, 0.1) is 0 Å². The summed E-state index contributed by atoms with van der Waals surface area (Å²) in [6.07, 6.45) is 1.68. The average molecular weight is 485 g/mol. The largest absolute Gasteiger partial charge is 0.480 e. The number of rotatable bonds is 11. The van der Waals surface area contributed by atoms with Crippen LogP contribution < -0.4 is 26.9 Å². The maximum atomic E-state index is 12.3. The number of nitrogens with one attached hydrogen (secondary N) is 5. The summed E-state index contributed by atoms with van der Waals surface area (Å²) in [7, 11) is 6.59. The van der Waals surface area contributed by atoms with E-state index in [0.717, 1.165) is 10.9 Å². The Labute approximate surface area is 202 Å². The molecule has 2 radical (unpaired) electrons. The molecule has 0 aliphatic heterocycles. The first-order chi connectivity index (χ1) is 16.6. The minimum Gasteiger partial charge on any atom is -0.480 e. The first-order valence-electron chi connectivity index (χ1n) is 10.7. The number of H-pyrrole nitrogens is 1. The summed E-state index contributed by atoms with van der Waals surface area (Å²) >= 11 is 0. The molecule has 8 N–H and O–H groups in total. The van der Waals surface area contributed by atoms with Crippen LogP contribution in [0.15, 0.2) is 30.5 Å². The zero-order valence-electron chi connectivity index (χ0n) is 19.3. The van der Waals surface area contributed by atoms with Gasteiger partial charge in [0.2, 0.25) is 25.7 Å². The highest BCUT2D eigenvalue weighted by Crippen LogP contribution is 2.19. The smallest absolute Gasteiger partial charge is 0.326 e. The molecule has 0 saturated carbocycles. The molecule has 3 atom stereocenters. The lowest BCUT2D eigenvalue weighted by atomic mass is 10.1. The highest BCUT2D eigenvalue weighted by molar-refractivity contribution is 6.15.